The molecule has 0 atom stereocenters. The molecule has 50 heavy (non-hydrogen) atoms. The average molecular weight is 730 g/mol. The van der Waals surface area contributed by atoms with Gasteiger partial charge in [0.15, 0.2) is 0 Å². The Morgan fingerprint density at radius 1 is 0.600 bits per heavy atom. The summed E-state index contributed by atoms with van der Waals surface area (Å²) in [5.41, 5.74) is 6.14. The largest absolute Gasteiger partial charge is 0.508 e. The molecule has 0 aliphatic carbocycles. The molecule has 3 aromatic heterocycles. The molecule has 3 aromatic carbocycles. The maximum Gasteiger partial charge on any atom is 0.130 e. The van der Waals surface area contributed by atoms with Crippen LogP contribution in [0, 0.1) is 0 Å². The highest BCUT2D eigenvalue weighted by Crippen LogP contribution is 2.21. The number of aliphatic imine (C=N–C) groups is 1. The second kappa shape index (κ2) is 19.7. The lowest BCUT2D eigenvalue weighted by molar-refractivity contribution is 0.414. The lowest BCUT2D eigenvalue weighted by Gasteiger charge is -2.05. The monoisotopic (exact) mass is 728 g/mol. The summed E-state index contributed by atoms with van der Waals surface area (Å²) in [6, 6.07) is 31.5. The normalized spacial score (nSPS) is 10.4. The van der Waals surface area contributed by atoms with Gasteiger partial charge in [-0.05, 0) is 108 Å². The second-order valence-electron chi connectivity index (χ2n) is 10.7. The van der Waals surface area contributed by atoms with Gasteiger partial charge < -0.3 is 19.7 Å². The van der Waals surface area contributed by atoms with Crippen LogP contribution in [-0.4, -0.2) is 45.6 Å². The Balaban J connectivity index is 0.000000197. The molecule has 0 aliphatic rings. The fourth-order valence-electron chi connectivity index (χ4n) is 4.49. The minimum atomic E-state index is -0.00466. The number of benzene rings is 3. The Morgan fingerprint density at radius 3 is 1.64 bits per heavy atom. The zero-order chi connectivity index (χ0) is 35.7. The number of rotatable bonds is 9. The highest BCUT2D eigenvalue weighted by atomic mass is 35.5. The molecule has 2 N–H and O–H groups in total. The summed E-state index contributed by atoms with van der Waals surface area (Å²) in [5, 5.41) is 20.6. The molecule has 0 bridgehead atoms. The van der Waals surface area contributed by atoms with Crippen molar-refractivity contribution in [1.82, 2.24) is 15.0 Å². The van der Waals surface area contributed by atoms with Gasteiger partial charge in [0.2, 0.25) is 0 Å². The first-order valence-electron chi connectivity index (χ1n) is 15.3. The molecule has 0 unspecified atom stereocenters. The molecule has 0 amide bonds. The Hall–Kier alpha value is -5.15. The third-order valence-corrected chi connectivity index (χ3v) is 7.64. The zero-order valence-electron chi connectivity index (χ0n) is 27.4. The molecule has 256 valence electrons. The van der Waals surface area contributed by atoms with E-state index in [2.05, 4.69) is 19.9 Å². The first kappa shape index (κ1) is 37.7. The Bertz CT molecular complexity index is 1960. The minimum absolute atomic E-state index is 0.00466. The fourth-order valence-corrected chi connectivity index (χ4v) is 5.08. The summed E-state index contributed by atoms with van der Waals surface area (Å²) in [5.74, 6) is 1.73. The Labute approximate surface area is 306 Å². The summed E-state index contributed by atoms with van der Waals surface area (Å²) < 4.78 is 10.3. The standard InChI is InChI=1S/C21H20N2O3.C13H12ClNO.C5H3Cl2N/c1-26-20-6-2-15(3-7-20)10-16-8-9-23-18(11-16)14-22-13-17-4-5-19(24)12-21(17)25;1-16-12-4-2-10(3-5-12)8-11-6-7-15-13(14)9-11;6-4-1-2-8-5(7)3-4/h2-9,11-13,24-25H,10,14H2,1H3;2-7,9H,8H2,1H3;1-3H. The van der Waals surface area contributed by atoms with Crippen molar-refractivity contribution in [3.63, 3.8) is 0 Å². The van der Waals surface area contributed by atoms with Crippen LogP contribution in [0.25, 0.3) is 0 Å². The number of pyridine rings is 3. The average Bonchev–Trinajstić information content (AvgIpc) is 3.11. The molecule has 0 radical (unpaired) electrons. The van der Waals surface area contributed by atoms with Crippen LogP contribution in [-0.2, 0) is 19.4 Å². The first-order valence-corrected chi connectivity index (χ1v) is 16.4. The number of phenolic OH excluding ortho intramolecular Hbond substituents is 2. The smallest absolute Gasteiger partial charge is 0.130 e. The van der Waals surface area contributed by atoms with Gasteiger partial charge in [-0.25, -0.2) is 9.97 Å². The minimum Gasteiger partial charge on any atom is -0.508 e. The van der Waals surface area contributed by atoms with Crippen LogP contribution in [0.3, 0.4) is 0 Å². The van der Waals surface area contributed by atoms with Gasteiger partial charge in [-0.15, -0.1) is 0 Å². The van der Waals surface area contributed by atoms with Gasteiger partial charge in [0.1, 0.15) is 33.3 Å². The number of aromatic nitrogens is 3. The first-order chi connectivity index (χ1) is 24.2. The predicted molar refractivity (Wildman–Crippen MR) is 200 cm³/mol. The van der Waals surface area contributed by atoms with Gasteiger partial charge in [-0.3, -0.25) is 9.98 Å². The van der Waals surface area contributed by atoms with E-state index in [0.29, 0.717) is 27.4 Å². The molecule has 0 fully saturated rings. The van der Waals surface area contributed by atoms with E-state index >= 15 is 0 Å². The number of ether oxygens (including phenoxy) is 2. The van der Waals surface area contributed by atoms with Crippen LogP contribution in [0.15, 0.2) is 127 Å². The lowest BCUT2D eigenvalue weighted by Crippen LogP contribution is -1.94. The summed E-state index contributed by atoms with van der Waals surface area (Å²) in [6.07, 6.45) is 8.30. The van der Waals surface area contributed by atoms with Crippen molar-refractivity contribution in [1.29, 1.82) is 0 Å². The number of nitrogens with zero attached hydrogens (tertiary/aromatic N) is 4. The number of phenols is 2. The van der Waals surface area contributed by atoms with Crippen molar-refractivity contribution < 1.29 is 19.7 Å². The number of aromatic hydroxyl groups is 2. The summed E-state index contributed by atoms with van der Waals surface area (Å²) in [7, 11) is 3.32. The van der Waals surface area contributed by atoms with E-state index in [4.69, 9.17) is 44.3 Å². The number of halogens is 3. The van der Waals surface area contributed by atoms with Gasteiger partial charge in [-0.2, -0.15) is 0 Å². The fraction of sp³-hybridized carbons (Fsp3) is 0.128. The third kappa shape index (κ3) is 13.0. The van der Waals surface area contributed by atoms with Crippen molar-refractivity contribution in [2.75, 3.05) is 14.2 Å². The second-order valence-corrected chi connectivity index (χ2v) is 11.9. The topological polar surface area (TPSA) is 110 Å². The van der Waals surface area contributed by atoms with Gasteiger partial charge in [0, 0.05) is 41.5 Å². The summed E-state index contributed by atoms with van der Waals surface area (Å²) in [6.45, 7) is 0.413. The van der Waals surface area contributed by atoms with E-state index in [-0.39, 0.29) is 11.5 Å². The van der Waals surface area contributed by atoms with E-state index in [1.165, 1.54) is 23.3 Å². The SMILES string of the molecule is COc1ccc(Cc2ccnc(CN=Cc3ccc(O)cc3O)c2)cc1.COc1ccc(Cc2ccnc(Cl)c2)cc1.Clc1ccnc(Cl)c1. The molecule has 6 aromatic rings. The molecule has 8 nitrogen and oxygen atoms in total. The molecule has 3 heterocycles. The van der Waals surface area contributed by atoms with Crippen molar-refractivity contribution in [3.8, 4) is 23.0 Å². The molecule has 0 spiro atoms. The van der Waals surface area contributed by atoms with E-state index in [0.717, 1.165) is 41.2 Å². The highest BCUT2D eigenvalue weighted by molar-refractivity contribution is 6.33. The van der Waals surface area contributed by atoms with Crippen LogP contribution in [0.4, 0.5) is 0 Å². The summed E-state index contributed by atoms with van der Waals surface area (Å²) in [4.78, 5) is 16.3. The van der Waals surface area contributed by atoms with Crippen LogP contribution in [0.1, 0.15) is 33.5 Å². The number of hydrogen-bond acceptors (Lipinski definition) is 8. The molecule has 11 heteroatoms. The van der Waals surface area contributed by atoms with E-state index in [9.17, 15) is 10.2 Å². The van der Waals surface area contributed by atoms with Gasteiger partial charge in [0.25, 0.3) is 0 Å². The third-order valence-electron chi connectivity index (χ3n) is 6.99. The Kier molecular flexibility index (Phi) is 14.9. The van der Waals surface area contributed by atoms with Crippen molar-refractivity contribution in [2.45, 2.75) is 19.4 Å². The highest BCUT2D eigenvalue weighted by Gasteiger charge is 2.02. The molecule has 0 saturated carbocycles. The van der Waals surface area contributed by atoms with E-state index < -0.39 is 0 Å². The van der Waals surface area contributed by atoms with Crippen LogP contribution in [0.5, 0.6) is 23.0 Å². The molecule has 0 aliphatic heterocycles. The zero-order valence-corrected chi connectivity index (χ0v) is 29.6. The maximum atomic E-state index is 9.76. The Morgan fingerprint density at radius 2 is 1.14 bits per heavy atom. The van der Waals surface area contributed by atoms with Crippen molar-refractivity contribution >= 4 is 41.0 Å². The molecule has 6 rings (SSSR count). The van der Waals surface area contributed by atoms with Crippen molar-refractivity contribution in [2.24, 2.45) is 4.99 Å². The summed E-state index contributed by atoms with van der Waals surface area (Å²) >= 11 is 16.8. The van der Waals surface area contributed by atoms with Crippen LogP contribution in [0.2, 0.25) is 15.3 Å². The number of hydrogen-bond donors (Lipinski definition) is 2. The molecular weight excluding hydrogens is 695 g/mol. The van der Waals surface area contributed by atoms with Crippen LogP contribution >= 0.6 is 34.8 Å². The number of methoxy groups -OCH3 is 2. The molecular formula is C39H35Cl3N4O4. The van der Waals surface area contributed by atoms with Crippen molar-refractivity contribution in [3.05, 3.63) is 171 Å². The van der Waals surface area contributed by atoms with E-state index in [1.54, 1.807) is 57.2 Å². The van der Waals surface area contributed by atoms with Gasteiger partial charge in [0.05, 0.1) is 26.5 Å². The predicted octanol–water partition coefficient (Wildman–Crippen LogP) is 9.43. The van der Waals surface area contributed by atoms with Crippen LogP contribution < -0.4 is 9.47 Å². The van der Waals surface area contributed by atoms with Gasteiger partial charge >= 0.3 is 0 Å². The van der Waals surface area contributed by atoms with Gasteiger partial charge in [-0.1, -0.05) is 59.1 Å². The maximum absolute atomic E-state index is 9.76. The quantitative estimate of drug-likeness (QED) is 0.113. The lowest BCUT2D eigenvalue weighted by atomic mass is 10.1. The van der Waals surface area contributed by atoms with E-state index in [1.807, 2.05) is 72.8 Å². The molecule has 0 saturated heterocycles.